The summed E-state index contributed by atoms with van der Waals surface area (Å²) in [7, 11) is 0. The SMILES string of the molecule is c1cc2c3cccc(c3c1)OCCOCCOCCOCCOc1cccc3c(cccc13)OCCOCCOCCOCCOc1ccc(c3ccccc13)OCCOCCOCCOCCOc1cccc3c(cccc13)OCCOCCOCCOCCO2. The van der Waals surface area contributed by atoms with Crippen LogP contribution in [0.3, 0.4) is 0 Å². The van der Waals surface area contributed by atoms with Crippen molar-refractivity contribution in [1.29, 1.82) is 0 Å². The Bertz CT molecular complexity index is 2870. The van der Waals surface area contributed by atoms with Crippen molar-refractivity contribution in [2.45, 2.75) is 0 Å². The number of hydrogen-bond acceptors (Lipinski definition) is 20. The van der Waals surface area contributed by atoms with Gasteiger partial charge in [-0.3, -0.25) is 0 Å². The van der Waals surface area contributed by atoms with Crippen LogP contribution in [-0.4, -0.2) is 211 Å². The van der Waals surface area contributed by atoms with Gasteiger partial charge in [-0.15, -0.1) is 0 Å². The molecule has 20 heteroatoms. The van der Waals surface area contributed by atoms with Crippen LogP contribution in [0.25, 0.3) is 43.1 Å². The molecule has 0 saturated carbocycles. The Balaban J connectivity index is 0.666. The zero-order chi connectivity index (χ0) is 63.0. The maximum atomic E-state index is 6.12. The molecule has 1 aliphatic heterocycles. The molecule has 8 aromatic rings. The summed E-state index contributed by atoms with van der Waals surface area (Å²) in [5, 5.41) is 7.64. The lowest BCUT2D eigenvalue weighted by atomic mass is 10.1. The lowest BCUT2D eigenvalue weighted by Gasteiger charge is -2.14. The van der Waals surface area contributed by atoms with Gasteiger partial charge in [0.2, 0.25) is 0 Å². The molecule has 0 N–H and O–H groups in total. The average Bonchev–Trinajstić information content (AvgIpc) is 1.05. The van der Waals surface area contributed by atoms with Crippen molar-refractivity contribution < 1.29 is 94.7 Å². The van der Waals surface area contributed by atoms with Crippen LogP contribution in [0.4, 0.5) is 0 Å². The zero-order valence-electron chi connectivity index (χ0n) is 52.6. The van der Waals surface area contributed by atoms with Gasteiger partial charge in [-0.1, -0.05) is 97.1 Å². The van der Waals surface area contributed by atoms with E-state index < -0.39 is 0 Å². The molecule has 0 saturated heterocycles. The number of rotatable bonds is 0. The lowest BCUT2D eigenvalue weighted by Crippen LogP contribution is -2.14. The first-order chi connectivity index (χ1) is 45.8. The Morgan fingerprint density at radius 1 is 0.120 bits per heavy atom. The van der Waals surface area contributed by atoms with E-state index in [0.717, 1.165) is 89.1 Å². The Kier molecular flexibility index (Phi) is 31.6. The molecule has 1 heterocycles. The Morgan fingerprint density at radius 3 is 0.391 bits per heavy atom. The van der Waals surface area contributed by atoms with E-state index in [9.17, 15) is 0 Å². The number of ether oxygens (including phenoxy) is 20. The van der Waals surface area contributed by atoms with Gasteiger partial charge in [-0.2, -0.15) is 0 Å². The third-order valence-corrected chi connectivity index (χ3v) is 14.2. The van der Waals surface area contributed by atoms with Gasteiger partial charge in [-0.05, 0) is 48.5 Å². The van der Waals surface area contributed by atoms with Gasteiger partial charge in [0, 0.05) is 43.1 Å². The largest absolute Gasteiger partial charge is 0.491 e. The number of benzene rings is 8. The Morgan fingerprint density at radius 2 is 0.239 bits per heavy atom. The van der Waals surface area contributed by atoms with Gasteiger partial charge in [0.25, 0.3) is 0 Å². The van der Waals surface area contributed by atoms with Crippen LogP contribution in [0.1, 0.15) is 0 Å². The Labute approximate surface area is 538 Å². The van der Waals surface area contributed by atoms with Crippen molar-refractivity contribution in [2.24, 2.45) is 0 Å². The van der Waals surface area contributed by atoms with Crippen LogP contribution in [0.5, 0.6) is 46.0 Å². The molecule has 496 valence electrons. The lowest BCUT2D eigenvalue weighted by molar-refractivity contribution is 0.00497. The van der Waals surface area contributed by atoms with E-state index in [1.54, 1.807) is 0 Å². The predicted octanol–water partition coefficient (Wildman–Crippen LogP) is 10.6. The molecule has 1 aliphatic rings. The smallest absolute Gasteiger partial charge is 0.127 e. The fraction of sp³-hybridized carbons (Fsp3) is 0.444. The van der Waals surface area contributed by atoms with Gasteiger partial charge >= 0.3 is 0 Å². The fourth-order valence-electron chi connectivity index (χ4n) is 9.86. The van der Waals surface area contributed by atoms with E-state index >= 15 is 0 Å². The molecule has 92 heavy (non-hydrogen) atoms. The summed E-state index contributed by atoms with van der Waals surface area (Å²) in [5.74, 6) is 6.06. The molecule has 0 spiro atoms. The normalized spacial score (nSPS) is 18.1. The molecule has 0 atom stereocenters. The molecule has 0 amide bonds. The predicted molar refractivity (Wildman–Crippen MR) is 350 cm³/mol. The molecule has 20 nitrogen and oxygen atoms in total. The summed E-state index contributed by atoms with van der Waals surface area (Å²) in [4.78, 5) is 0. The van der Waals surface area contributed by atoms with Gasteiger partial charge in [0.15, 0.2) is 0 Å². The second kappa shape index (κ2) is 42.0. The fourth-order valence-corrected chi connectivity index (χ4v) is 9.86. The van der Waals surface area contributed by atoms with Crippen molar-refractivity contribution in [3.63, 3.8) is 0 Å². The minimum atomic E-state index is 0.388. The summed E-state index contributed by atoms with van der Waals surface area (Å²) in [5.41, 5.74) is 0. The molecular formula is C72H88O20. The van der Waals surface area contributed by atoms with E-state index in [2.05, 4.69) is 0 Å². The highest BCUT2D eigenvalue weighted by Crippen LogP contribution is 2.36. The monoisotopic (exact) mass is 1270 g/mol. The molecule has 0 aromatic heterocycles. The highest BCUT2D eigenvalue weighted by molar-refractivity contribution is 5.95. The summed E-state index contributed by atoms with van der Waals surface area (Å²) in [6.45, 7) is 13.5. The van der Waals surface area contributed by atoms with Crippen molar-refractivity contribution in [3.05, 3.63) is 146 Å². The van der Waals surface area contributed by atoms with E-state index in [4.69, 9.17) is 94.7 Å². The molecule has 8 aromatic carbocycles. The average molecular weight is 1270 g/mol. The highest BCUT2D eigenvalue weighted by Gasteiger charge is 2.13. The van der Waals surface area contributed by atoms with Crippen LogP contribution in [0.2, 0.25) is 0 Å². The number of hydrogen-bond donors (Lipinski definition) is 0. The van der Waals surface area contributed by atoms with Crippen LogP contribution in [0, 0.1) is 0 Å². The minimum absolute atomic E-state index is 0.388. The summed E-state index contributed by atoms with van der Waals surface area (Å²) in [6.07, 6.45) is 0. The highest BCUT2D eigenvalue weighted by atomic mass is 16.6. The van der Waals surface area contributed by atoms with Gasteiger partial charge in [0.1, 0.15) is 98.9 Å². The summed E-state index contributed by atoms with van der Waals surface area (Å²) < 4.78 is 118. The first-order valence-electron chi connectivity index (χ1n) is 31.8. The van der Waals surface area contributed by atoms with E-state index in [1.165, 1.54) is 0 Å². The first kappa shape index (κ1) is 69.1. The van der Waals surface area contributed by atoms with Crippen molar-refractivity contribution in [1.82, 2.24) is 0 Å². The van der Waals surface area contributed by atoms with Crippen molar-refractivity contribution >= 4 is 43.1 Å². The van der Waals surface area contributed by atoms with Crippen LogP contribution < -0.4 is 37.9 Å². The second-order valence-corrected chi connectivity index (χ2v) is 20.6. The topological polar surface area (TPSA) is 185 Å². The molecule has 0 radical (unpaired) electrons. The van der Waals surface area contributed by atoms with Crippen molar-refractivity contribution in [2.75, 3.05) is 211 Å². The minimum Gasteiger partial charge on any atom is -0.491 e. The molecule has 0 aliphatic carbocycles. The maximum absolute atomic E-state index is 6.12. The van der Waals surface area contributed by atoms with Crippen molar-refractivity contribution in [3.8, 4) is 46.0 Å². The summed E-state index contributed by atoms with van der Waals surface area (Å²) in [6, 6.07) is 47.4. The quantitative estimate of drug-likeness (QED) is 0.139. The second-order valence-electron chi connectivity index (χ2n) is 20.6. The molecule has 0 unspecified atom stereocenters. The van der Waals surface area contributed by atoms with Crippen LogP contribution in [0.15, 0.2) is 146 Å². The Hall–Kier alpha value is -7.28. The first-order valence-corrected chi connectivity index (χ1v) is 31.8. The van der Waals surface area contributed by atoms with Gasteiger partial charge < -0.3 is 94.7 Å². The van der Waals surface area contributed by atoms with E-state index in [-0.39, 0.29) is 0 Å². The zero-order valence-corrected chi connectivity index (χ0v) is 52.6. The van der Waals surface area contributed by atoms with Gasteiger partial charge in [-0.25, -0.2) is 0 Å². The van der Waals surface area contributed by atoms with Gasteiger partial charge in [0.05, 0.1) is 159 Å². The van der Waals surface area contributed by atoms with E-state index in [1.807, 2.05) is 146 Å². The van der Waals surface area contributed by atoms with E-state index in [0.29, 0.717) is 211 Å². The maximum Gasteiger partial charge on any atom is 0.127 e. The summed E-state index contributed by atoms with van der Waals surface area (Å²) >= 11 is 0. The van der Waals surface area contributed by atoms with Crippen LogP contribution >= 0.6 is 0 Å². The molecule has 9 rings (SSSR count). The van der Waals surface area contributed by atoms with Crippen LogP contribution in [-0.2, 0) is 56.8 Å². The molecular weight excluding hydrogens is 1180 g/mol. The number of fused-ring (bicyclic) bond motifs is 6. The standard InChI is InChI=1S/C72H88O20/c1-2-10-58-57(9-1)71-23-24-72(58)92-56-48-84-40-32-76-30-38-82-46-54-90-70-22-8-14-62-64(70)16-6-20-68(62)88-52-44-80-36-28-74-26-34-78-42-50-86-66-18-4-11-59-60(66)12-3-17-65(59)85-49-41-77-33-25-73-27-35-79-43-51-87-67-19-5-15-63-61(67)13-7-21-69(63)89-53-45-81-37-29-75-31-39-83-47-55-91-71/h1-24H,25-56H2. The molecule has 0 fully saturated rings. The third kappa shape index (κ3) is 23.7. The molecule has 14 bridgehead atoms. The third-order valence-electron chi connectivity index (χ3n) is 14.2.